The second-order valence-electron chi connectivity index (χ2n) is 6.51. The molecule has 0 fully saturated rings. The first-order valence-electron chi connectivity index (χ1n) is 9.14. The number of hydrogen-bond donors (Lipinski definition) is 0. The summed E-state index contributed by atoms with van der Waals surface area (Å²) >= 11 is 5.78. The van der Waals surface area contributed by atoms with Crippen LogP contribution in [0.15, 0.2) is 48.5 Å². The lowest BCUT2D eigenvalue weighted by Gasteiger charge is -2.03. The molecule has 150 valence electrons. The van der Waals surface area contributed by atoms with E-state index in [9.17, 15) is 17.6 Å². The third-order valence-electron chi connectivity index (χ3n) is 4.19. The topological polar surface area (TPSA) is 0 Å². The third kappa shape index (κ3) is 5.23. The maximum Gasteiger partial charge on any atom is 0.143 e. The van der Waals surface area contributed by atoms with Gasteiger partial charge in [-0.2, -0.15) is 0 Å². The Balaban J connectivity index is 1.90. The van der Waals surface area contributed by atoms with Gasteiger partial charge in [0.1, 0.15) is 23.3 Å². The molecule has 0 nitrogen and oxygen atoms in total. The molecule has 0 atom stereocenters. The first-order chi connectivity index (χ1) is 14.4. The van der Waals surface area contributed by atoms with Gasteiger partial charge < -0.3 is 0 Å². The van der Waals surface area contributed by atoms with Gasteiger partial charge in [0.2, 0.25) is 0 Å². The summed E-state index contributed by atoms with van der Waals surface area (Å²) in [4.78, 5) is 0. The molecule has 0 heterocycles. The number of halogens is 5. The lowest BCUT2D eigenvalue weighted by atomic mass is 10.1. The van der Waals surface area contributed by atoms with E-state index in [2.05, 4.69) is 23.7 Å². The molecule has 0 saturated heterocycles. The predicted octanol–water partition coefficient (Wildman–Crippen LogP) is 6.65. The summed E-state index contributed by atoms with van der Waals surface area (Å²) in [7, 11) is 0. The van der Waals surface area contributed by atoms with Crippen molar-refractivity contribution in [2.24, 2.45) is 0 Å². The highest BCUT2D eigenvalue weighted by Crippen LogP contribution is 2.18. The zero-order valence-corrected chi connectivity index (χ0v) is 16.7. The van der Waals surface area contributed by atoms with E-state index >= 15 is 0 Å². The van der Waals surface area contributed by atoms with Crippen LogP contribution in [-0.2, 0) is 6.42 Å². The molecule has 0 unspecified atom stereocenters. The van der Waals surface area contributed by atoms with Crippen molar-refractivity contribution >= 4 is 11.6 Å². The van der Waals surface area contributed by atoms with E-state index in [1.165, 1.54) is 12.1 Å². The molecule has 0 N–H and O–H groups in total. The molecule has 0 bridgehead atoms. The Kier molecular flexibility index (Phi) is 6.83. The molecule has 0 radical (unpaired) electrons. The average molecular weight is 427 g/mol. The lowest BCUT2D eigenvalue weighted by Crippen LogP contribution is -1.95. The molecule has 0 spiro atoms. The van der Waals surface area contributed by atoms with Crippen LogP contribution in [0.3, 0.4) is 0 Å². The first-order valence-corrected chi connectivity index (χ1v) is 9.51. The fraction of sp³-hybridized carbons (Fsp3) is 0.120. The van der Waals surface area contributed by atoms with Gasteiger partial charge in [0.05, 0.1) is 11.1 Å². The van der Waals surface area contributed by atoms with Crippen LogP contribution in [0.2, 0.25) is 5.02 Å². The minimum absolute atomic E-state index is 0.0570. The standard InChI is InChI=1S/C25H15ClF4/c1-2-3-17-12-22(27)21(23(28)13-17)11-7-18-14-24(29)20(25(30)15-18)10-6-16-4-8-19(26)9-5-16/h4-5,8-9,12-15H,2-3H2,1H3. The van der Waals surface area contributed by atoms with Crippen LogP contribution in [-0.4, -0.2) is 0 Å². The zero-order valence-electron chi connectivity index (χ0n) is 15.9. The Morgan fingerprint density at radius 2 is 1.13 bits per heavy atom. The van der Waals surface area contributed by atoms with Crippen molar-refractivity contribution < 1.29 is 17.6 Å². The van der Waals surface area contributed by atoms with Gasteiger partial charge in [-0.15, -0.1) is 0 Å². The number of benzene rings is 3. The van der Waals surface area contributed by atoms with E-state index in [0.717, 1.165) is 18.6 Å². The summed E-state index contributed by atoms with van der Waals surface area (Å²) in [5, 5.41) is 0.522. The van der Waals surface area contributed by atoms with E-state index in [1.54, 1.807) is 24.3 Å². The summed E-state index contributed by atoms with van der Waals surface area (Å²) in [6.07, 6.45) is 1.28. The highest BCUT2D eigenvalue weighted by atomic mass is 35.5. The van der Waals surface area contributed by atoms with Crippen LogP contribution >= 0.6 is 11.6 Å². The van der Waals surface area contributed by atoms with Gasteiger partial charge in [-0.05, 0) is 60.5 Å². The highest BCUT2D eigenvalue weighted by molar-refractivity contribution is 6.30. The molecule has 0 aliphatic carbocycles. The minimum Gasteiger partial charge on any atom is -0.206 e. The van der Waals surface area contributed by atoms with E-state index in [0.29, 0.717) is 22.6 Å². The average Bonchev–Trinajstić information content (AvgIpc) is 2.68. The van der Waals surface area contributed by atoms with Crippen LogP contribution in [0, 0.1) is 47.0 Å². The van der Waals surface area contributed by atoms with Crippen molar-refractivity contribution in [3.63, 3.8) is 0 Å². The summed E-state index contributed by atoms with van der Waals surface area (Å²) in [5.74, 6) is 6.38. The molecular weight excluding hydrogens is 412 g/mol. The Morgan fingerprint density at radius 3 is 1.63 bits per heavy atom. The largest absolute Gasteiger partial charge is 0.206 e. The Labute approximate surface area is 177 Å². The monoisotopic (exact) mass is 426 g/mol. The molecular formula is C25H15ClF4. The van der Waals surface area contributed by atoms with Crippen molar-refractivity contribution in [2.75, 3.05) is 0 Å². The fourth-order valence-electron chi connectivity index (χ4n) is 2.75. The fourth-order valence-corrected chi connectivity index (χ4v) is 2.87. The van der Waals surface area contributed by atoms with Gasteiger partial charge in [-0.3, -0.25) is 0 Å². The molecule has 3 aromatic rings. The molecule has 3 rings (SSSR count). The van der Waals surface area contributed by atoms with Gasteiger partial charge in [0.15, 0.2) is 0 Å². The Hall–Kier alpha value is -3.21. The van der Waals surface area contributed by atoms with E-state index in [-0.39, 0.29) is 5.56 Å². The summed E-state index contributed by atoms with van der Waals surface area (Å²) in [5.41, 5.74) is 0.149. The second-order valence-corrected chi connectivity index (χ2v) is 6.94. The maximum atomic E-state index is 14.3. The highest BCUT2D eigenvalue weighted by Gasteiger charge is 2.11. The van der Waals surface area contributed by atoms with Crippen LogP contribution in [0.4, 0.5) is 17.6 Å². The third-order valence-corrected chi connectivity index (χ3v) is 4.44. The lowest BCUT2D eigenvalue weighted by molar-refractivity contribution is 0.573. The van der Waals surface area contributed by atoms with Crippen molar-refractivity contribution in [1.29, 1.82) is 0 Å². The van der Waals surface area contributed by atoms with Crippen molar-refractivity contribution in [1.82, 2.24) is 0 Å². The number of aryl methyl sites for hydroxylation is 1. The second kappa shape index (κ2) is 9.53. The molecule has 0 aliphatic rings. The zero-order chi connectivity index (χ0) is 21.7. The minimum atomic E-state index is -0.917. The van der Waals surface area contributed by atoms with Gasteiger partial charge in [0.25, 0.3) is 0 Å². The van der Waals surface area contributed by atoms with Gasteiger partial charge in [-0.1, -0.05) is 48.6 Å². The Bertz CT molecular complexity index is 1160. The van der Waals surface area contributed by atoms with Gasteiger partial charge in [0, 0.05) is 16.1 Å². The first kappa shape index (κ1) is 21.5. The molecule has 3 aromatic carbocycles. The SMILES string of the molecule is CCCc1cc(F)c(C#Cc2cc(F)c(C#Cc3ccc(Cl)cc3)c(F)c2)c(F)c1. The van der Waals surface area contributed by atoms with Crippen molar-refractivity contribution in [3.8, 4) is 23.7 Å². The molecule has 0 saturated carbocycles. The molecule has 0 aliphatic heterocycles. The maximum absolute atomic E-state index is 14.3. The van der Waals surface area contributed by atoms with Crippen LogP contribution < -0.4 is 0 Å². The smallest absolute Gasteiger partial charge is 0.143 e. The Morgan fingerprint density at radius 1 is 0.667 bits per heavy atom. The summed E-state index contributed by atoms with van der Waals surface area (Å²) < 4.78 is 56.9. The number of rotatable bonds is 2. The predicted molar refractivity (Wildman–Crippen MR) is 110 cm³/mol. The van der Waals surface area contributed by atoms with E-state index in [1.807, 2.05) is 6.92 Å². The normalized spacial score (nSPS) is 10.1. The van der Waals surface area contributed by atoms with Crippen LogP contribution in [0.5, 0.6) is 0 Å². The summed E-state index contributed by atoms with van der Waals surface area (Å²) in [6, 6.07) is 10.9. The van der Waals surface area contributed by atoms with Gasteiger partial charge >= 0.3 is 0 Å². The molecule has 5 heteroatoms. The molecule has 0 aromatic heterocycles. The van der Waals surface area contributed by atoms with Crippen LogP contribution in [0.25, 0.3) is 0 Å². The summed E-state index contributed by atoms with van der Waals surface area (Å²) in [6.45, 7) is 1.90. The molecule has 0 amide bonds. The van der Waals surface area contributed by atoms with Crippen molar-refractivity contribution in [3.05, 3.63) is 105 Å². The van der Waals surface area contributed by atoms with Crippen LogP contribution in [0.1, 0.15) is 41.2 Å². The van der Waals surface area contributed by atoms with Crippen molar-refractivity contribution in [2.45, 2.75) is 19.8 Å². The quantitative estimate of drug-likeness (QED) is 0.318. The number of hydrogen-bond acceptors (Lipinski definition) is 0. The molecule has 30 heavy (non-hydrogen) atoms. The van der Waals surface area contributed by atoms with E-state index < -0.39 is 34.4 Å². The van der Waals surface area contributed by atoms with E-state index in [4.69, 9.17) is 11.6 Å². The van der Waals surface area contributed by atoms with Gasteiger partial charge in [-0.25, -0.2) is 17.6 Å².